The van der Waals surface area contributed by atoms with Crippen molar-refractivity contribution in [3.8, 4) is 48.4 Å². The summed E-state index contributed by atoms with van der Waals surface area (Å²) in [6.45, 7) is 0.506. The Labute approximate surface area is 198 Å². The number of fused-ring (bicyclic) bond motifs is 1. The fourth-order valence-corrected chi connectivity index (χ4v) is 3.49. The number of ether oxygens (including phenoxy) is 3. The molecule has 2 aromatic carbocycles. The van der Waals surface area contributed by atoms with Crippen molar-refractivity contribution in [3.05, 3.63) is 70.8 Å². The van der Waals surface area contributed by atoms with Gasteiger partial charge in [0, 0.05) is 28.2 Å². The van der Waals surface area contributed by atoms with Gasteiger partial charge >= 0.3 is 5.97 Å². The maximum atomic E-state index is 12.1. The molecule has 6 nitrogen and oxygen atoms in total. The number of benzene rings is 2. The van der Waals surface area contributed by atoms with E-state index in [1.54, 1.807) is 24.3 Å². The molecule has 2 aliphatic rings. The molecule has 2 saturated heterocycles. The van der Waals surface area contributed by atoms with E-state index in [0.29, 0.717) is 5.56 Å². The fourth-order valence-electron chi connectivity index (χ4n) is 3.49. The molecule has 6 heteroatoms. The van der Waals surface area contributed by atoms with Crippen molar-refractivity contribution in [2.24, 2.45) is 0 Å². The van der Waals surface area contributed by atoms with Gasteiger partial charge in [0.2, 0.25) is 0 Å². The molecular formula is C28H20O6. The Morgan fingerprint density at radius 1 is 0.824 bits per heavy atom. The number of esters is 1. The number of rotatable bonds is 4. The summed E-state index contributed by atoms with van der Waals surface area (Å²) in [5.74, 6) is 15.5. The largest absolute Gasteiger partial charge is 0.447 e. The van der Waals surface area contributed by atoms with Crippen molar-refractivity contribution in [1.29, 1.82) is 0 Å². The smallest absolute Gasteiger partial charge is 0.385 e. The van der Waals surface area contributed by atoms with Gasteiger partial charge in [-0.3, -0.25) is 0 Å². The molecule has 0 aromatic heterocycles. The monoisotopic (exact) mass is 452 g/mol. The van der Waals surface area contributed by atoms with Crippen molar-refractivity contribution in [2.75, 3.05) is 19.8 Å². The van der Waals surface area contributed by atoms with Gasteiger partial charge in [-0.25, -0.2) is 14.6 Å². The van der Waals surface area contributed by atoms with E-state index >= 15 is 0 Å². The van der Waals surface area contributed by atoms with Gasteiger partial charge in [0.05, 0.1) is 13.2 Å². The average molecular weight is 452 g/mol. The van der Waals surface area contributed by atoms with E-state index in [1.807, 2.05) is 24.3 Å². The number of carbonyl (C=O) groups excluding carboxylic acids is 1. The first kappa shape index (κ1) is 23.2. The van der Waals surface area contributed by atoms with Crippen molar-refractivity contribution >= 4 is 5.97 Å². The minimum Gasteiger partial charge on any atom is -0.447 e. The number of terminal acetylenes is 2. The summed E-state index contributed by atoms with van der Waals surface area (Å²) in [6, 6.07) is 14.3. The molecule has 0 radical (unpaired) electrons. The fraction of sp³-hybridized carbons (Fsp3) is 0.250. The van der Waals surface area contributed by atoms with E-state index in [1.165, 1.54) is 0 Å². The first-order valence-corrected chi connectivity index (χ1v) is 10.5. The van der Waals surface area contributed by atoms with Crippen molar-refractivity contribution < 1.29 is 28.8 Å². The summed E-state index contributed by atoms with van der Waals surface area (Å²) < 4.78 is 16.8. The summed E-state index contributed by atoms with van der Waals surface area (Å²) >= 11 is 0. The Kier molecular flexibility index (Phi) is 7.64. The molecule has 168 valence electrons. The number of carbonyl (C=O) groups is 1. The van der Waals surface area contributed by atoms with Gasteiger partial charge in [-0.05, 0) is 48.5 Å². The highest BCUT2D eigenvalue weighted by Gasteiger charge is 2.50. The summed E-state index contributed by atoms with van der Waals surface area (Å²) in [6.07, 6.45) is 8.77. The van der Waals surface area contributed by atoms with Crippen LogP contribution in [0.2, 0.25) is 0 Å². The first-order chi connectivity index (χ1) is 16.7. The molecule has 2 aromatic rings. The molecule has 2 fully saturated rings. The Balaban J connectivity index is 1.21. The molecule has 4 atom stereocenters. The molecule has 0 saturated carbocycles. The predicted octanol–water partition coefficient (Wildman–Crippen LogP) is 2.08. The third kappa shape index (κ3) is 5.86. The molecule has 34 heavy (non-hydrogen) atoms. The standard InChI is InChI=1S/C28H20O6/c1-3-20-7-11-22(12-8-20)6-5-17-32-34-25-19-31-27-24(18-30-28(25)27)33-26(29)16-15-23-13-9-21(4-2)10-14-23/h1-2,7-14,24-25,27-28H,17-19H2/t24?,25-,27-,28-/m0/s1. The topological polar surface area (TPSA) is 63.2 Å². The highest BCUT2D eigenvalue weighted by Crippen LogP contribution is 2.30. The van der Waals surface area contributed by atoms with Crippen LogP contribution in [0.3, 0.4) is 0 Å². The highest BCUT2D eigenvalue weighted by molar-refractivity contribution is 5.89. The van der Waals surface area contributed by atoms with E-state index in [4.69, 9.17) is 36.8 Å². The van der Waals surface area contributed by atoms with Gasteiger partial charge in [0.1, 0.15) is 24.9 Å². The van der Waals surface area contributed by atoms with Crippen molar-refractivity contribution in [1.82, 2.24) is 0 Å². The number of hydrogen-bond acceptors (Lipinski definition) is 6. The number of hydrogen-bond donors (Lipinski definition) is 0. The minimum atomic E-state index is -0.662. The molecule has 0 spiro atoms. The molecule has 0 bridgehead atoms. The zero-order valence-electron chi connectivity index (χ0n) is 18.2. The van der Waals surface area contributed by atoms with Crippen LogP contribution in [0, 0.1) is 48.4 Å². The lowest BCUT2D eigenvalue weighted by molar-refractivity contribution is -0.325. The summed E-state index contributed by atoms with van der Waals surface area (Å²) in [5, 5.41) is 0. The minimum absolute atomic E-state index is 0.0705. The zero-order chi connectivity index (χ0) is 23.8. The molecular weight excluding hydrogens is 432 g/mol. The van der Waals surface area contributed by atoms with Crippen molar-refractivity contribution in [2.45, 2.75) is 24.4 Å². The van der Waals surface area contributed by atoms with E-state index in [2.05, 4.69) is 35.5 Å². The maximum absolute atomic E-state index is 12.1. The second kappa shape index (κ2) is 11.2. The Bertz CT molecular complexity index is 1230. The highest BCUT2D eigenvalue weighted by atomic mass is 17.2. The molecule has 0 aliphatic carbocycles. The quantitative estimate of drug-likeness (QED) is 0.233. The lowest BCUT2D eigenvalue weighted by atomic mass is 10.1. The Morgan fingerprint density at radius 3 is 1.97 bits per heavy atom. The van der Waals surface area contributed by atoms with Crippen LogP contribution >= 0.6 is 0 Å². The van der Waals surface area contributed by atoms with E-state index in [9.17, 15) is 4.79 Å². The van der Waals surface area contributed by atoms with E-state index in [0.717, 1.165) is 16.7 Å². The van der Waals surface area contributed by atoms with Gasteiger partial charge in [0.15, 0.2) is 6.10 Å². The van der Waals surface area contributed by atoms with Crippen LogP contribution < -0.4 is 0 Å². The summed E-state index contributed by atoms with van der Waals surface area (Å²) in [5.41, 5.74) is 3.02. The molecule has 2 heterocycles. The summed E-state index contributed by atoms with van der Waals surface area (Å²) in [4.78, 5) is 22.8. The lowest BCUT2D eigenvalue weighted by Gasteiger charge is -2.15. The van der Waals surface area contributed by atoms with Gasteiger partial charge in [-0.15, -0.1) is 12.8 Å². The normalized spacial score (nSPS) is 22.2. The van der Waals surface area contributed by atoms with Gasteiger partial charge in [-0.2, -0.15) is 0 Å². The van der Waals surface area contributed by atoms with Gasteiger partial charge in [0.25, 0.3) is 0 Å². The van der Waals surface area contributed by atoms with Gasteiger partial charge in [-0.1, -0.05) is 29.6 Å². The van der Waals surface area contributed by atoms with Crippen LogP contribution in [-0.4, -0.2) is 50.2 Å². The van der Waals surface area contributed by atoms with Crippen LogP contribution in [0.5, 0.6) is 0 Å². The average Bonchev–Trinajstić information content (AvgIpc) is 3.46. The maximum Gasteiger partial charge on any atom is 0.385 e. The second-order valence-electron chi connectivity index (χ2n) is 7.43. The predicted molar refractivity (Wildman–Crippen MR) is 123 cm³/mol. The molecule has 1 unspecified atom stereocenters. The zero-order valence-corrected chi connectivity index (χ0v) is 18.2. The van der Waals surface area contributed by atoms with Crippen LogP contribution in [0.15, 0.2) is 48.5 Å². The van der Waals surface area contributed by atoms with E-state index in [-0.39, 0.29) is 19.8 Å². The van der Waals surface area contributed by atoms with Crippen LogP contribution in [0.1, 0.15) is 22.3 Å². The van der Waals surface area contributed by atoms with Gasteiger partial charge < -0.3 is 14.2 Å². The molecule has 0 amide bonds. The molecule has 4 rings (SSSR count). The first-order valence-electron chi connectivity index (χ1n) is 10.5. The third-order valence-corrected chi connectivity index (χ3v) is 5.19. The molecule has 2 aliphatic heterocycles. The van der Waals surface area contributed by atoms with Crippen LogP contribution in [-0.2, 0) is 28.8 Å². The van der Waals surface area contributed by atoms with Crippen LogP contribution in [0.4, 0.5) is 0 Å². The van der Waals surface area contributed by atoms with Crippen molar-refractivity contribution in [3.63, 3.8) is 0 Å². The van der Waals surface area contributed by atoms with Crippen LogP contribution in [0.25, 0.3) is 0 Å². The lowest BCUT2D eigenvalue weighted by Crippen LogP contribution is -2.35. The Hall–Kier alpha value is -4.01. The molecule has 0 N–H and O–H groups in total. The second-order valence-corrected chi connectivity index (χ2v) is 7.43. The third-order valence-electron chi connectivity index (χ3n) is 5.19. The SMILES string of the molecule is C#Cc1ccc(C#CCOO[C@H]2CO[C@H]3C(OC(=O)C#Cc4ccc(C#C)cc4)CO[C@@H]23)cc1. The van der Waals surface area contributed by atoms with E-state index < -0.39 is 30.4 Å². The Morgan fingerprint density at radius 2 is 1.35 bits per heavy atom. The summed E-state index contributed by atoms with van der Waals surface area (Å²) in [7, 11) is 0.